The molecule has 4 heteroatoms. The van der Waals surface area contributed by atoms with Gasteiger partial charge in [-0.2, -0.15) is 0 Å². The van der Waals surface area contributed by atoms with Gasteiger partial charge in [-0.05, 0) is 178 Å². The first-order valence-corrected chi connectivity index (χ1v) is 26.3. The Hall–Kier alpha value is -8.08. The van der Waals surface area contributed by atoms with E-state index < -0.39 is 0 Å². The number of aryl methyl sites for hydroxylation is 6. The number of para-hydroxylation sites is 6. The average Bonchev–Trinajstić information content (AvgIpc) is 3.96. The quantitative estimate of drug-likeness (QED) is 0.166. The molecule has 364 valence electrons. The second kappa shape index (κ2) is 16.2. The molecule has 0 saturated heterocycles. The minimum atomic E-state index is -0.0767. The fraction of sp³-hybridized carbons (Fsp3) is 0.200. The molecule has 10 aromatic carbocycles. The van der Waals surface area contributed by atoms with Gasteiger partial charge in [0.25, 0.3) is 0 Å². The first-order valence-electron chi connectivity index (χ1n) is 26.3. The summed E-state index contributed by atoms with van der Waals surface area (Å²) < 4.78 is 14.1. The number of benzene rings is 10. The van der Waals surface area contributed by atoms with E-state index >= 15 is 0 Å². The van der Waals surface area contributed by atoms with E-state index in [-0.39, 0.29) is 10.8 Å². The zero-order chi connectivity index (χ0) is 51.3. The lowest BCUT2D eigenvalue weighted by Crippen LogP contribution is -2.13. The van der Waals surface area contributed by atoms with Crippen LogP contribution in [0.1, 0.15) is 86.1 Å². The fourth-order valence-corrected chi connectivity index (χ4v) is 12.7. The molecular weight excluding hydrogens is 901 g/mol. The summed E-state index contributed by atoms with van der Waals surface area (Å²) in [6, 6.07) is 58.0. The van der Waals surface area contributed by atoms with Crippen molar-refractivity contribution < 1.29 is 8.83 Å². The lowest BCUT2D eigenvalue weighted by atomic mass is 9.69. The first kappa shape index (κ1) is 45.8. The molecule has 1 aliphatic rings. The molecule has 0 spiro atoms. The monoisotopic (exact) mass is 962 g/mol. The lowest BCUT2D eigenvalue weighted by molar-refractivity contribution is 0.572. The largest absolute Gasteiger partial charge is 0.454 e. The van der Waals surface area contributed by atoms with Crippen molar-refractivity contribution in [1.82, 2.24) is 0 Å². The summed E-state index contributed by atoms with van der Waals surface area (Å²) in [6.45, 7) is 27.3. The Kier molecular flexibility index (Phi) is 10.0. The zero-order valence-electron chi connectivity index (χ0n) is 44.7. The molecular formula is C70H62N2O2. The Balaban J connectivity index is 0.990. The van der Waals surface area contributed by atoms with Crippen molar-refractivity contribution in [2.75, 3.05) is 9.80 Å². The lowest BCUT2D eigenvalue weighted by Gasteiger charge is -2.35. The maximum atomic E-state index is 7.05. The van der Waals surface area contributed by atoms with Gasteiger partial charge in [0.1, 0.15) is 11.2 Å². The van der Waals surface area contributed by atoms with E-state index in [9.17, 15) is 0 Å². The molecule has 0 atom stereocenters. The highest BCUT2D eigenvalue weighted by Gasteiger charge is 2.34. The van der Waals surface area contributed by atoms with Crippen LogP contribution in [0.25, 0.3) is 87.7 Å². The van der Waals surface area contributed by atoms with Gasteiger partial charge in [0, 0.05) is 55.4 Å². The van der Waals surface area contributed by atoms with Crippen molar-refractivity contribution in [1.29, 1.82) is 0 Å². The summed E-state index contributed by atoms with van der Waals surface area (Å²) in [7, 11) is 0. The normalized spacial score (nSPS) is 12.6. The van der Waals surface area contributed by atoms with E-state index in [2.05, 4.69) is 251 Å². The third kappa shape index (κ3) is 6.59. The van der Waals surface area contributed by atoms with Crippen LogP contribution in [0.3, 0.4) is 0 Å². The van der Waals surface area contributed by atoms with Crippen LogP contribution in [0.5, 0.6) is 0 Å². The Morgan fingerprint density at radius 2 is 0.622 bits per heavy atom. The summed E-state index contributed by atoms with van der Waals surface area (Å²) in [5.41, 5.74) is 25.6. The van der Waals surface area contributed by atoms with Gasteiger partial charge in [-0.3, -0.25) is 0 Å². The van der Waals surface area contributed by atoms with E-state index in [1.54, 1.807) is 0 Å². The molecule has 0 saturated carbocycles. The molecule has 0 N–H and O–H groups in total. The minimum Gasteiger partial charge on any atom is -0.454 e. The molecule has 4 nitrogen and oxygen atoms in total. The van der Waals surface area contributed by atoms with Gasteiger partial charge < -0.3 is 18.6 Å². The van der Waals surface area contributed by atoms with Crippen molar-refractivity contribution in [3.05, 3.63) is 202 Å². The molecule has 0 aliphatic heterocycles. The van der Waals surface area contributed by atoms with Crippen LogP contribution in [0, 0.1) is 41.5 Å². The van der Waals surface area contributed by atoms with Crippen molar-refractivity contribution in [3.8, 4) is 22.3 Å². The van der Waals surface area contributed by atoms with E-state index in [0.29, 0.717) is 0 Å². The van der Waals surface area contributed by atoms with E-state index in [4.69, 9.17) is 8.83 Å². The average molecular weight is 963 g/mol. The molecule has 74 heavy (non-hydrogen) atoms. The number of furan rings is 2. The van der Waals surface area contributed by atoms with Crippen molar-refractivity contribution in [2.45, 2.75) is 93.9 Å². The standard InChI is InChI=1S/C70H62N2O2/c1-39-21-13-15-29-57(39)71(59-31-19-25-51-49-23-17-27-55(69(7,8)9)65(49)73-67(51)59)45-33-35-47-41(3)61-62-42(4)48-36-34-46(38-54(48)44(6)64(62)63(61)43(5)53(47)37-45)72(58-30-16-14-22-40(58)2)60-32-20-26-52-50-24-18-28-56(70(10,11)12)66(50)74-68(52)60/h13-38H,1-12H3. The van der Waals surface area contributed by atoms with Gasteiger partial charge in [-0.25, -0.2) is 0 Å². The Morgan fingerprint density at radius 1 is 0.297 bits per heavy atom. The highest BCUT2D eigenvalue weighted by Crippen LogP contribution is 2.59. The fourth-order valence-electron chi connectivity index (χ4n) is 12.7. The van der Waals surface area contributed by atoms with Gasteiger partial charge in [0.2, 0.25) is 0 Å². The molecule has 13 rings (SSSR count). The van der Waals surface area contributed by atoms with Gasteiger partial charge in [0.15, 0.2) is 11.2 Å². The van der Waals surface area contributed by atoms with Crippen LogP contribution >= 0.6 is 0 Å². The number of hydrogen-bond acceptors (Lipinski definition) is 4. The molecule has 0 unspecified atom stereocenters. The van der Waals surface area contributed by atoms with Crippen LogP contribution in [0.2, 0.25) is 0 Å². The second-order valence-electron chi connectivity index (χ2n) is 23.1. The maximum Gasteiger partial charge on any atom is 0.159 e. The highest BCUT2D eigenvalue weighted by atomic mass is 16.3. The predicted octanol–water partition coefficient (Wildman–Crippen LogP) is 20.8. The van der Waals surface area contributed by atoms with Crippen LogP contribution in [-0.4, -0.2) is 0 Å². The smallest absolute Gasteiger partial charge is 0.159 e. The summed E-state index contributed by atoms with van der Waals surface area (Å²) in [6.07, 6.45) is 0. The summed E-state index contributed by atoms with van der Waals surface area (Å²) in [4.78, 5) is 4.83. The van der Waals surface area contributed by atoms with E-state index in [0.717, 1.165) is 78.0 Å². The zero-order valence-corrected chi connectivity index (χ0v) is 44.7. The third-order valence-corrected chi connectivity index (χ3v) is 16.5. The Labute approximate surface area is 434 Å². The Morgan fingerprint density at radius 3 is 0.986 bits per heavy atom. The maximum absolute atomic E-state index is 7.05. The number of fused-ring (bicyclic) bond motifs is 12. The van der Waals surface area contributed by atoms with Gasteiger partial charge in [-0.1, -0.05) is 151 Å². The van der Waals surface area contributed by atoms with E-state index in [1.807, 2.05) is 0 Å². The SMILES string of the molecule is Cc1ccccc1N(c1ccc2c(C)c3c(c(C)c2c1)-c1c-3c(C)c2ccc(N(c3ccccc3C)c3cccc4c3oc3c(C(C)(C)C)cccc34)cc2c1C)c1cccc2c1oc1c(C(C)(C)C)cccc12. The molecule has 2 aromatic heterocycles. The van der Waals surface area contributed by atoms with Crippen LogP contribution in [0.4, 0.5) is 34.1 Å². The highest BCUT2D eigenvalue weighted by molar-refractivity contribution is 6.20. The molecule has 12 aromatic rings. The molecule has 0 bridgehead atoms. The van der Waals surface area contributed by atoms with Gasteiger partial charge in [0.05, 0.1) is 11.4 Å². The summed E-state index contributed by atoms with van der Waals surface area (Å²) >= 11 is 0. The Bertz CT molecular complexity index is 4080. The molecule has 1 aliphatic carbocycles. The van der Waals surface area contributed by atoms with Crippen LogP contribution in [0.15, 0.2) is 167 Å². The number of anilines is 6. The molecule has 0 fully saturated rings. The van der Waals surface area contributed by atoms with E-state index in [1.165, 1.54) is 88.3 Å². The predicted molar refractivity (Wildman–Crippen MR) is 316 cm³/mol. The number of rotatable bonds is 6. The topological polar surface area (TPSA) is 32.8 Å². The van der Waals surface area contributed by atoms with Crippen molar-refractivity contribution in [3.63, 3.8) is 0 Å². The van der Waals surface area contributed by atoms with Gasteiger partial charge in [-0.15, -0.1) is 0 Å². The van der Waals surface area contributed by atoms with Gasteiger partial charge >= 0.3 is 0 Å². The third-order valence-electron chi connectivity index (χ3n) is 16.5. The second-order valence-corrected chi connectivity index (χ2v) is 23.1. The number of nitrogens with zero attached hydrogens (tertiary/aromatic N) is 2. The minimum absolute atomic E-state index is 0.0767. The van der Waals surface area contributed by atoms with Crippen LogP contribution in [-0.2, 0) is 10.8 Å². The molecule has 0 amide bonds. The first-order chi connectivity index (χ1) is 35.5. The summed E-state index contributed by atoms with van der Waals surface area (Å²) in [5.74, 6) is 0. The van der Waals surface area contributed by atoms with Crippen LogP contribution < -0.4 is 9.80 Å². The summed E-state index contributed by atoms with van der Waals surface area (Å²) in [5, 5.41) is 9.64. The van der Waals surface area contributed by atoms with Crippen molar-refractivity contribution >= 4 is 99.5 Å². The van der Waals surface area contributed by atoms with Crippen molar-refractivity contribution in [2.24, 2.45) is 0 Å². The molecule has 0 radical (unpaired) electrons. The molecule has 2 heterocycles. The number of hydrogen-bond donors (Lipinski definition) is 0.